The maximum absolute atomic E-state index is 6.61. The molecule has 110 heavy (non-hydrogen) atoms. The standard InChI is InChI=1S/C102H68N6O2/c1-3-21-71(22-4-1)103(77-61-65-83(66-62-77)107-95-35-13-7-25-87(95)88-26-8-14-36-96(88)107)75-49-53-79(54-50-75)105(73-45-41-69(42-46-73)85-31-19-33-93-91-29-11-17-39-99(91)109-101(85)93)81-57-59-82(60-58-81)106(74-47-43-70(44-48-74)86-32-20-34-94-92-30-12-18-40-100(92)110-102(86)94)80-55-51-76(52-56-80)104(72-23-5-2-6-24-72)78-63-67-84(68-64-78)108-97-37-15-9-27-89(97)90-28-10-16-38-98(90)108/h1-68H. The Kier molecular flexibility index (Phi) is 15.4. The lowest BCUT2D eigenvalue weighted by Crippen LogP contribution is -2.13. The molecule has 0 unspecified atom stereocenters. The number of anilines is 12. The molecule has 21 aromatic rings. The number of hydrogen-bond donors (Lipinski definition) is 0. The zero-order valence-corrected chi connectivity index (χ0v) is 59.8. The third-order valence-corrected chi connectivity index (χ3v) is 21.7. The lowest BCUT2D eigenvalue weighted by Gasteiger charge is -2.30. The van der Waals surface area contributed by atoms with Gasteiger partial charge in [-0.3, -0.25) is 0 Å². The van der Waals surface area contributed by atoms with Crippen LogP contribution in [-0.2, 0) is 0 Å². The zero-order valence-electron chi connectivity index (χ0n) is 59.8. The Balaban J connectivity index is 0.666. The van der Waals surface area contributed by atoms with Crippen LogP contribution in [0.2, 0.25) is 0 Å². The van der Waals surface area contributed by atoms with E-state index in [2.05, 4.69) is 417 Å². The summed E-state index contributed by atoms with van der Waals surface area (Å²) in [6.07, 6.45) is 0. The minimum Gasteiger partial charge on any atom is -0.455 e. The molecule has 4 heterocycles. The first-order chi connectivity index (χ1) is 54.6. The average molecular weight is 1410 g/mol. The molecule has 0 radical (unpaired) electrons. The van der Waals surface area contributed by atoms with E-state index in [-0.39, 0.29) is 0 Å². The summed E-state index contributed by atoms with van der Waals surface area (Å²) < 4.78 is 18.0. The van der Waals surface area contributed by atoms with Gasteiger partial charge in [0.2, 0.25) is 0 Å². The van der Waals surface area contributed by atoms with E-state index in [0.29, 0.717) is 0 Å². The fourth-order valence-corrected chi connectivity index (χ4v) is 16.6. The average Bonchev–Trinajstić information content (AvgIpc) is 1.59. The number of rotatable bonds is 16. The summed E-state index contributed by atoms with van der Waals surface area (Å²) in [5.74, 6) is 0. The Morgan fingerprint density at radius 2 is 0.382 bits per heavy atom. The molecular formula is C102H68N6O2. The van der Waals surface area contributed by atoms with Gasteiger partial charge in [0.15, 0.2) is 0 Å². The first-order valence-corrected chi connectivity index (χ1v) is 37.4. The molecular weight excluding hydrogens is 1340 g/mol. The van der Waals surface area contributed by atoms with Gasteiger partial charge in [-0.25, -0.2) is 0 Å². The molecule has 0 saturated carbocycles. The molecule has 518 valence electrons. The van der Waals surface area contributed by atoms with Gasteiger partial charge in [-0.2, -0.15) is 0 Å². The molecule has 4 aromatic heterocycles. The van der Waals surface area contributed by atoms with Gasteiger partial charge in [-0.15, -0.1) is 0 Å². The van der Waals surface area contributed by atoms with Gasteiger partial charge in [0, 0.05) is 134 Å². The van der Waals surface area contributed by atoms with Crippen LogP contribution in [0, 0.1) is 0 Å². The van der Waals surface area contributed by atoms with Crippen molar-refractivity contribution >= 4 is 156 Å². The Labute approximate surface area is 635 Å². The summed E-state index contributed by atoms with van der Waals surface area (Å²) in [5.41, 5.74) is 26.8. The van der Waals surface area contributed by atoms with Crippen molar-refractivity contribution in [2.75, 3.05) is 19.6 Å². The lowest BCUT2D eigenvalue weighted by atomic mass is 10.0. The molecule has 8 nitrogen and oxygen atoms in total. The predicted molar refractivity (Wildman–Crippen MR) is 459 cm³/mol. The minimum absolute atomic E-state index is 0.875. The Hall–Kier alpha value is -14.9. The highest BCUT2D eigenvalue weighted by atomic mass is 16.3. The fraction of sp³-hybridized carbons (Fsp3) is 0. The molecule has 0 atom stereocenters. The van der Waals surface area contributed by atoms with Gasteiger partial charge in [-0.05, 0) is 217 Å². The summed E-state index contributed by atoms with van der Waals surface area (Å²) in [7, 11) is 0. The van der Waals surface area contributed by atoms with Crippen LogP contribution in [0.5, 0.6) is 0 Å². The second kappa shape index (κ2) is 26.6. The second-order valence-electron chi connectivity index (χ2n) is 28.0. The van der Waals surface area contributed by atoms with Gasteiger partial charge in [0.1, 0.15) is 22.3 Å². The summed E-state index contributed by atoms with van der Waals surface area (Å²) in [5, 5.41) is 9.36. The van der Waals surface area contributed by atoms with Crippen molar-refractivity contribution in [2.45, 2.75) is 0 Å². The third kappa shape index (κ3) is 10.9. The molecule has 0 amide bonds. The van der Waals surface area contributed by atoms with Crippen molar-refractivity contribution in [3.63, 3.8) is 0 Å². The largest absolute Gasteiger partial charge is 0.455 e. The highest BCUT2D eigenvalue weighted by molar-refractivity contribution is 6.13. The number of fused-ring (bicyclic) bond motifs is 12. The Morgan fingerprint density at radius 1 is 0.164 bits per heavy atom. The van der Waals surface area contributed by atoms with Crippen LogP contribution in [0.3, 0.4) is 0 Å². The summed E-state index contributed by atoms with van der Waals surface area (Å²) in [6, 6.07) is 148. The van der Waals surface area contributed by atoms with E-state index < -0.39 is 0 Å². The van der Waals surface area contributed by atoms with Crippen molar-refractivity contribution in [2.24, 2.45) is 0 Å². The third-order valence-electron chi connectivity index (χ3n) is 21.7. The van der Waals surface area contributed by atoms with Crippen LogP contribution in [0.15, 0.2) is 421 Å². The monoisotopic (exact) mass is 1410 g/mol. The smallest absolute Gasteiger partial charge is 0.143 e. The first kappa shape index (κ1) is 63.6. The Morgan fingerprint density at radius 3 is 0.673 bits per heavy atom. The van der Waals surface area contributed by atoms with Gasteiger partial charge in [0.05, 0.1) is 22.1 Å². The minimum atomic E-state index is 0.875. The quantitative estimate of drug-likeness (QED) is 0.0961. The van der Waals surface area contributed by atoms with E-state index in [9.17, 15) is 0 Å². The van der Waals surface area contributed by atoms with E-state index in [4.69, 9.17) is 8.83 Å². The molecule has 0 fully saturated rings. The molecule has 21 rings (SSSR count). The first-order valence-electron chi connectivity index (χ1n) is 37.4. The number of aromatic nitrogens is 2. The van der Waals surface area contributed by atoms with Crippen molar-refractivity contribution in [1.82, 2.24) is 9.13 Å². The topological polar surface area (TPSA) is 49.1 Å². The van der Waals surface area contributed by atoms with Gasteiger partial charge in [-0.1, -0.05) is 206 Å². The maximum Gasteiger partial charge on any atom is 0.143 e. The van der Waals surface area contributed by atoms with Gasteiger partial charge in [0.25, 0.3) is 0 Å². The van der Waals surface area contributed by atoms with E-state index >= 15 is 0 Å². The van der Waals surface area contributed by atoms with Crippen LogP contribution in [-0.4, -0.2) is 9.13 Å². The van der Waals surface area contributed by atoms with Crippen molar-refractivity contribution in [3.8, 4) is 33.6 Å². The number of nitrogens with zero attached hydrogens (tertiary/aromatic N) is 6. The molecule has 0 saturated heterocycles. The van der Waals surface area contributed by atoms with Crippen molar-refractivity contribution in [1.29, 1.82) is 0 Å². The summed E-state index contributed by atoms with van der Waals surface area (Å²) in [6.45, 7) is 0. The highest BCUT2D eigenvalue weighted by Crippen LogP contribution is 2.47. The van der Waals surface area contributed by atoms with Crippen LogP contribution in [0.1, 0.15) is 0 Å². The highest BCUT2D eigenvalue weighted by Gasteiger charge is 2.24. The number of hydrogen-bond acceptors (Lipinski definition) is 6. The number of para-hydroxylation sites is 10. The van der Waals surface area contributed by atoms with E-state index in [1.807, 2.05) is 24.3 Å². The SMILES string of the molecule is c1ccc(N(c2ccc(N(c3ccc(-c4cccc5c4oc4ccccc45)cc3)c3ccc(N(c4ccc(-c5cccc6c5oc5ccccc56)cc4)c4ccc(N(c5ccccc5)c5ccc(-n6c7ccccc7c7ccccc76)cc5)cc4)cc3)cc2)c2ccc(-n3c4ccccc4c4ccccc43)cc2)cc1. The molecule has 0 aliphatic rings. The summed E-state index contributed by atoms with van der Waals surface area (Å²) >= 11 is 0. The van der Waals surface area contributed by atoms with Crippen LogP contribution in [0.25, 0.3) is 121 Å². The number of benzene rings is 17. The molecule has 0 aliphatic heterocycles. The second-order valence-corrected chi connectivity index (χ2v) is 28.0. The van der Waals surface area contributed by atoms with Crippen molar-refractivity contribution < 1.29 is 8.83 Å². The maximum atomic E-state index is 6.61. The van der Waals surface area contributed by atoms with E-state index in [1.165, 1.54) is 43.6 Å². The molecule has 0 spiro atoms. The molecule has 0 N–H and O–H groups in total. The number of furan rings is 2. The normalized spacial score (nSPS) is 11.6. The zero-order chi connectivity index (χ0) is 72.6. The molecule has 17 aromatic carbocycles. The Bertz CT molecular complexity index is 6460. The van der Waals surface area contributed by atoms with Gasteiger partial charge < -0.3 is 37.6 Å². The summed E-state index contributed by atoms with van der Waals surface area (Å²) in [4.78, 5) is 9.38. The van der Waals surface area contributed by atoms with Crippen molar-refractivity contribution in [3.05, 3.63) is 413 Å². The van der Waals surface area contributed by atoms with E-state index in [1.54, 1.807) is 0 Å². The predicted octanol–water partition coefficient (Wildman–Crippen LogP) is 28.9. The van der Waals surface area contributed by atoms with Crippen LogP contribution < -0.4 is 19.6 Å². The molecule has 8 heteroatoms. The molecule has 0 bridgehead atoms. The van der Waals surface area contributed by atoms with Gasteiger partial charge >= 0.3 is 0 Å². The van der Waals surface area contributed by atoms with Crippen LogP contribution >= 0.6 is 0 Å². The van der Waals surface area contributed by atoms with E-state index in [0.717, 1.165) is 146 Å². The molecule has 0 aliphatic carbocycles. The fourth-order valence-electron chi connectivity index (χ4n) is 16.6. The lowest BCUT2D eigenvalue weighted by molar-refractivity contribution is 0.669. The van der Waals surface area contributed by atoms with Crippen LogP contribution in [0.4, 0.5) is 68.2 Å².